The first-order chi connectivity index (χ1) is 16.9. The molecular formula is C24H25BrN2O7S. The number of esters is 2. The molecule has 3 heterocycles. The smallest absolute Gasteiger partial charge is 0.351 e. The summed E-state index contributed by atoms with van der Waals surface area (Å²) in [7, 11) is 1.29. The van der Waals surface area contributed by atoms with Crippen LogP contribution in [0.3, 0.4) is 0 Å². The quantitative estimate of drug-likeness (QED) is 0.448. The van der Waals surface area contributed by atoms with E-state index in [1.54, 1.807) is 12.0 Å². The first-order valence-corrected chi connectivity index (χ1v) is 12.5. The van der Waals surface area contributed by atoms with Gasteiger partial charge in [-0.25, -0.2) is 14.7 Å². The lowest BCUT2D eigenvalue weighted by Crippen LogP contribution is -2.31. The minimum absolute atomic E-state index is 0.108. The Labute approximate surface area is 215 Å². The van der Waals surface area contributed by atoms with Crippen LogP contribution in [0.1, 0.15) is 23.5 Å². The fourth-order valence-corrected chi connectivity index (χ4v) is 5.52. The number of benzene rings is 1. The number of nitrogens with zero attached hydrogens (tertiary/aromatic N) is 1. The van der Waals surface area contributed by atoms with Crippen LogP contribution in [0, 0.1) is 0 Å². The van der Waals surface area contributed by atoms with Gasteiger partial charge in [-0.2, -0.15) is 10.4 Å². The summed E-state index contributed by atoms with van der Waals surface area (Å²) in [5, 5.41) is 1.77. The average molecular weight is 565 g/mol. The van der Waals surface area contributed by atoms with Gasteiger partial charge >= 0.3 is 11.9 Å². The lowest BCUT2D eigenvalue weighted by molar-refractivity contribution is -0.145. The monoisotopic (exact) mass is 564 g/mol. The summed E-state index contributed by atoms with van der Waals surface area (Å²) in [6.07, 6.45) is 5.94. The number of methoxy groups -OCH3 is 1. The molecule has 0 amide bonds. The first kappa shape index (κ1) is 25.2. The van der Waals surface area contributed by atoms with Crippen LogP contribution in [-0.4, -0.2) is 56.0 Å². The van der Waals surface area contributed by atoms with E-state index < -0.39 is 11.9 Å². The fraction of sp³-hybridized carbons (Fsp3) is 0.333. The summed E-state index contributed by atoms with van der Waals surface area (Å²) in [6.45, 7) is 4.07. The summed E-state index contributed by atoms with van der Waals surface area (Å²) in [5.41, 5.74) is 4.80. The van der Waals surface area contributed by atoms with E-state index in [1.165, 1.54) is 18.4 Å². The maximum atomic E-state index is 12.4. The molecule has 0 spiro atoms. The molecule has 2 aliphatic rings. The molecule has 9 nitrogen and oxygen atoms in total. The van der Waals surface area contributed by atoms with E-state index in [1.807, 2.05) is 36.5 Å². The lowest BCUT2D eigenvalue weighted by Gasteiger charge is -2.22. The summed E-state index contributed by atoms with van der Waals surface area (Å²) >= 11 is 4.73. The molecular weight excluding hydrogens is 540 g/mol. The van der Waals surface area contributed by atoms with Crippen molar-refractivity contribution < 1.29 is 33.5 Å². The average Bonchev–Trinajstić information content (AvgIpc) is 3.40. The molecule has 4 rings (SSSR count). The Balaban J connectivity index is 1.52. The highest BCUT2D eigenvalue weighted by molar-refractivity contribution is 9.10. The molecule has 2 atom stereocenters. The van der Waals surface area contributed by atoms with Crippen LogP contribution >= 0.6 is 27.3 Å². The second-order valence-corrected chi connectivity index (χ2v) is 9.52. The number of nitrogens with one attached hydrogen (secondary N) is 1. The molecule has 1 aromatic heterocycles. The Morgan fingerprint density at radius 1 is 1.29 bits per heavy atom. The topological polar surface area (TPSA) is 95.6 Å². The highest BCUT2D eigenvalue weighted by atomic mass is 79.9. The second kappa shape index (κ2) is 11.3. The normalized spacial score (nSPS) is 18.6. The van der Waals surface area contributed by atoms with Crippen LogP contribution in [0.4, 0.5) is 0 Å². The van der Waals surface area contributed by atoms with Gasteiger partial charge in [0.05, 0.1) is 35.2 Å². The fourth-order valence-electron chi connectivity index (χ4n) is 3.55. The van der Waals surface area contributed by atoms with Crippen LogP contribution in [0.5, 0.6) is 11.5 Å². The Bertz CT molecular complexity index is 1160. The summed E-state index contributed by atoms with van der Waals surface area (Å²) < 4.78 is 22.0. The molecule has 1 aromatic carbocycles. The summed E-state index contributed by atoms with van der Waals surface area (Å²) in [4.78, 5) is 30.5. The van der Waals surface area contributed by atoms with Gasteiger partial charge in [0.1, 0.15) is 12.4 Å². The molecule has 0 aliphatic carbocycles. The van der Waals surface area contributed by atoms with Crippen molar-refractivity contribution in [2.24, 2.45) is 0 Å². The largest absolute Gasteiger partial charge is 0.489 e. The van der Waals surface area contributed by atoms with E-state index in [9.17, 15) is 9.59 Å². The highest BCUT2D eigenvalue weighted by Gasteiger charge is 2.31. The number of hydroxylamine groups is 3. The number of halogens is 1. The van der Waals surface area contributed by atoms with Gasteiger partial charge in [-0.15, -0.1) is 11.3 Å². The zero-order chi connectivity index (χ0) is 24.9. The molecule has 2 aromatic rings. The van der Waals surface area contributed by atoms with Crippen molar-refractivity contribution in [2.45, 2.75) is 25.9 Å². The van der Waals surface area contributed by atoms with Crippen molar-refractivity contribution in [1.29, 1.82) is 0 Å². The minimum Gasteiger partial charge on any atom is -0.489 e. The number of fused-ring (bicyclic) bond motifs is 1. The van der Waals surface area contributed by atoms with Crippen molar-refractivity contribution >= 4 is 39.2 Å². The van der Waals surface area contributed by atoms with Crippen molar-refractivity contribution in [3.8, 4) is 21.9 Å². The number of thiophene rings is 1. The molecule has 1 N–H and O–H groups in total. The van der Waals surface area contributed by atoms with Gasteiger partial charge in [-0.3, -0.25) is 0 Å². The molecule has 2 unspecified atom stereocenters. The van der Waals surface area contributed by atoms with Gasteiger partial charge in [0, 0.05) is 6.20 Å². The van der Waals surface area contributed by atoms with Crippen LogP contribution in [0.15, 0.2) is 52.7 Å². The van der Waals surface area contributed by atoms with E-state index in [0.717, 1.165) is 16.0 Å². The Morgan fingerprint density at radius 3 is 2.89 bits per heavy atom. The van der Waals surface area contributed by atoms with Crippen molar-refractivity contribution in [1.82, 2.24) is 10.5 Å². The lowest BCUT2D eigenvalue weighted by atomic mass is 10.0. The van der Waals surface area contributed by atoms with Gasteiger partial charge in [0.2, 0.25) is 0 Å². The number of hydrogen-bond donors (Lipinski definition) is 1. The third-order valence-electron chi connectivity index (χ3n) is 5.29. The molecule has 0 bridgehead atoms. The zero-order valence-electron chi connectivity index (χ0n) is 19.4. The van der Waals surface area contributed by atoms with Gasteiger partial charge in [0.25, 0.3) is 0 Å². The molecule has 186 valence electrons. The number of ether oxygens (including phenoxy) is 4. The van der Waals surface area contributed by atoms with E-state index in [0.29, 0.717) is 16.8 Å². The molecule has 1 saturated heterocycles. The summed E-state index contributed by atoms with van der Waals surface area (Å²) in [5.74, 6) is -0.179. The standard InChI is InChI=1S/C24H25BrN2O7S/c1-4-31-19(28)13-33-21-20(25)22(35-23(21)24(29)30-3)16-6-5-7-17(11-16)32-12-15-8-9-27-18(10-15)14(2)26-34-27/h5-11,14,18,26H,4,12-13H2,1-3H3. The molecule has 0 radical (unpaired) electrons. The van der Waals surface area contributed by atoms with Crippen molar-refractivity contribution in [3.63, 3.8) is 0 Å². The van der Waals surface area contributed by atoms with E-state index in [-0.39, 0.29) is 35.9 Å². The highest BCUT2D eigenvalue weighted by Crippen LogP contribution is 2.46. The maximum Gasteiger partial charge on any atom is 0.351 e. The van der Waals surface area contributed by atoms with Crippen LogP contribution in [-0.2, 0) is 19.2 Å². The molecule has 11 heteroatoms. The zero-order valence-corrected chi connectivity index (χ0v) is 21.8. The molecule has 35 heavy (non-hydrogen) atoms. The van der Waals surface area contributed by atoms with Crippen molar-refractivity contribution in [2.75, 3.05) is 26.9 Å². The van der Waals surface area contributed by atoms with Crippen molar-refractivity contribution in [3.05, 3.63) is 57.5 Å². The first-order valence-electron chi connectivity index (χ1n) is 10.9. The number of carbonyl (C=O) groups excluding carboxylic acids is 2. The number of hydrogen-bond acceptors (Lipinski definition) is 10. The summed E-state index contributed by atoms with van der Waals surface area (Å²) in [6, 6.07) is 7.80. The molecule has 2 aliphatic heterocycles. The predicted octanol–water partition coefficient (Wildman–Crippen LogP) is 4.25. The van der Waals surface area contributed by atoms with Gasteiger partial charge in [0.15, 0.2) is 17.2 Å². The second-order valence-electron chi connectivity index (χ2n) is 7.71. The van der Waals surface area contributed by atoms with E-state index in [4.69, 9.17) is 23.9 Å². The van der Waals surface area contributed by atoms with Gasteiger partial charge in [-0.05, 0) is 59.1 Å². The molecule has 0 saturated carbocycles. The van der Waals surface area contributed by atoms with Gasteiger partial charge in [-0.1, -0.05) is 18.2 Å². The van der Waals surface area contributed by atoms with Crippen LogP contribution in [0.2, 0.25) is 0 Å². The van der Waals surface area contributed by atoms with E-state index in [2.05, 4.69) is 34.4 Å². The maximum absolute atomic E-state index is 12.4. The molecule has 1 fully saturated rings. The number of rotatable bonds is 9. The number of carbonyl (C=O) groups is 2. The van der Waals surface area contributed by atoms with Crippen LogP contribution < -0.4 is 15.0 Å². The minimum atomic E-state index is -0.558. The van der Waals surface area contributed by atoms with E-state index >= 15 is 0 Å². The SMILES string of the molecule is CCOC(=O)COc1c(C(=O)OC)sc(-c2cccc(OCC3=CC4C(C)NON4C=C3)c2)c1Br. The Kier molecular flexibility index (Phi) is 8.11. The third kappa shape index (κ3) is 5.69. The predicted molar refractivity (Wildman–Crippen MR) is 133 cm³/mol. The Hall–Kier alpha value is -2.86. The van der Waals surface area contributed by atoms with Crippen LogP contribution in [0.25, 0.3) is 10.4 Å². The Morgan fingerprint density at radius 2 is 2.11 bits per heavy atom. The third-order valence-corrected chi connectivity index (χ3v) is 7.51. The van der Waals surface area contributed by atoms with Gasteiger partial charge < -0.3 is 18.9 Å².